The van der Waals surface area contributed by atoms with Crippen molar-refractivity contribution in [2.75, 3.05) is 32.7 Å². The first-order chi connectivity index (χ1) is 11.2. The zero-order chi connectivity index (χ0) is 16.5. The average molecular weight is 448 g/mol. The second-order valence-electron chi connectivity index (χ2n) is 6.57. The summed E-state index contributed by atoms with van der Waals surface area (Å²) in [5.74, 6) is 2.72. The lowest BCUT2D eigenvalue weighted by Gasteiger charge is -2.35. The Hall–Kier alpha value is -0.760. The maximum atomic E-state index is 5.36. The molecule has 1 saturated heterocycles. The second kappa shape index (κ2) is 11.7. The van der Waals surface area contributed by atoms with Crippen molar-refractivity contribution in [2.45, 2.75) is 46.1 Å². The highest BCUT2D eigenvalue weighted by atomic mass is 127. The molecule has 24 heavy (non-hydrogen) atoms. The molecule has 0 spiro atoms. The number of furan rings is 1. The lowest BCUT2D eigenvalue weighted by molar-refractivity contribution is 0.142. The first-order valence-electron chi connectivity index (χ1n) is 8.97. The molecule has 0 bridgehead atoms. The van der Waals surface area contributed by atoms with E-state index in [4.69, 9.17) is 9.41 Å². The van der Waals surface area contributed by atoms with E-state index in [1.165, 1.54) is 25.9 Å². The third kappa shape index (κ3) is 7.42. The highest BCUT2D eigenvalue weighted by Gasteiger charge is 2.20. The zero-order valence-corrected chi connectivity index (χ0v) is 17.6. The number of hydrogen-bond acceptors (Lipinski definition) is 3. The normalized spacial score (nSPS) is 20.3. The summed E-state index contributed by atoms with van der Waals surface area (Å²) in [4.78, 5) is 7.33. The van der Waals surface area contributed by atoms with Crippen LogP contribution in [0, 0.1) is 5.92 Å². The molecule has 0 aromatic carbocycles. The molecule has 0 radical (unpaired) electrons. The summed E-state index contributed by atoms with van der Waals surface area (Å²) < 4.78 is 5.36. The molecule has 138 valence electrons. The van der Waals surface area contributed by atoms with E-state index in [1.54, 1.807) is 6.26 Å². The maximum absolute atomic E-state index is 5.36. The van der Waals surface area contributed by atoms with Gasteiger partial charge >= 0.3 is 0 Å². The van der Waals surface area contributed by atoms with Crippen LogP contribution < -0.4 is 10.6 Å². The number of piperidine rings is 1. The van der Waals surface area contributed by atoms with Crippen LogP contribution >= 0.6 is 24.0 Å². The molecular formula is C18H33IN4O. The average Bonchev–Trinajstić information content (AvgIpc) is 3.05. The second-order valence-corrected chi connectivity index (χ2v) is 6.57. The van der Waals surface area contributed by atoms with Crippen molar-refractivity contribution < 1.29 is 4.42 Å². The van der Waals surface area contributed by atoms with Crippen LogP contribution in [0.2, 0.25) is 0 Å². The Morgan fingerprint density at radius 2 is 2.29 bits per heavy atom. The number of likely N-dealkylation sites (tertiary alicyclic amines) is 1. The number of rotatable bonds is 7. The van der Waals surface area contributed by atoms with E-state index >= 15 is 0 Å². The molecule has 1 aromatic rings. The Balaban J connectivity index is 0.00000288. The van der Waals surface area contributed by atoms with Crippen LogP contribution in [-0.2, 0) is 6.42 Å². The predicted octanol–water partition coefficient (Wildman–Crippen LogP) is 3.12. The largest absolute Gasteiger partial charge is 0.469 e. The molecule has 1 aliphatic rings. The monoisotopic (exact) mass is 448 g/mol. The van der Waals surface area contributed by atoms with Crippen LogP contribution in [0.15, 0.2) is 27.8 Å². The molecule has 5 nitrogen and oxygen atoms in total. The summed E-state index contributed by atoms with van der Waals surface area (Å²) in [6.07, 6.45) is 5.27. The zero-order valence-electron chi connectivity index (χ0n) is 15.3. The van der Waals surface area contributed by atoms with E-state index < -0.39 is 0 Å². The third-order valence-electron chi connectivity index (χ3n) is 4.41. The van der Waals surface area contributed by atoms with Gasteiger partial charge in [-0.25, -0.2) is 0 Å². The minimum absolute atomic E-state index is 0. The smallest absolute Gasteiger partial charge is 0.191 e. The summed E-state index contributed by atoms with van der Waals surface area (Å²) in [6.45, 7) is 11.7. The van der Waals surface area contributed by atoms with Gasteiger partial charge in [0.25, 0.3) is 0 Å². The van der Waals surface area contributed by atoms with E-state index in [0.717, 1.165) is 43.7 Å². The SMILES string of the molecule is CCNC(=NCC(C)N1CCCC(C)C1)NCCc1ccco1.I. The topological polar surface area (TPSA) is 52.8 Å². The first kappa shape index (κ1) is 21.3. The molecule has 0 saturated carbocycles. The van der Waals surface area contributed by atoms with Gasteiger partial charge in [-0.1, -0.05) is 6.92 Å². The van der Waals surface area contributed by atoms with Gasteiger partial charge in [-0.05, 0) is 51.3 Å². The third-order valence-corrected chi connectivity index (χ3v) is 4.41. The Bertz CT molecular complexity index is 464. The summed E-state index contributed by atoms with van der Waals surface area (Å²) in [6, 6.07) is 4.43. The molecule has 2 unspecified atom stereocenters. The minimum atomic E-state index is 0. The van der Waals surface area contributed by atoms with Gasteiger partial charge < -0.3 is 15.1 Å². The standard InChI is InChI=1S/C18H32N4O.HI/c1-4-19-18(20-10-9-17-8-6-12-23-17)21-13-16(3)22-11-5-7-15(2)14-22;/h6,8,12,15-16H,4-5,7,9-11,13-14H2,1-3H3,(H2,19,20,21);1H. The molecule has 0 amide bonds. The van der Waals surface area contributed by atoms with Crippen LogP contribution in [0.3, 0.4) is 0 Å². The highest BCUT2D eigenvalue weighted by molar-refractivity contribution is 14.0. The van der Waals surface area contributed by atoms with Gasteiger partial charge in [0.05, 0.1) is 12.8 Å². The number of nitrogens with zero attached hydrogens (tertiary/aromatic N) is 2. The Labute approximate surface area is 163 Å². The molecule has 1 aromatic heterocycles. The lowest BCUT2D eigenvalue weighted by atomic mass is 9.99. The first-order valence-corrected chi connectivity index (χ1v) is 8.97. The van der Waals surface area contributed by atoms with Crippen molar-refractivity contribution >= 4 is 29.9 Å². The number of nitrogens with one attached hydrogen (secondary N) is 2. The molecule has 2 rings (SSSR count). The van der Waals surface area contributed by atoms with Crippen LogP contribution in [0.1, 0.15) is 39.4 Å². The van der Waals surface area contributed by atoms with Crippen LogP contribution in [0.4, 0.5) is 0 Å². The predicted molar refractivity (Wildman–Crippen MR) is 111 cm³/mol. The Morgan fingerprint density at radius 3 is 2.96 bits per heavy atom. The molecule has 0 aliphatic carbocycles. The number of halogens is 1. The number of guanidine groups is 1. The highest BCUT2D eigenvalue weighted by Crippen LogP contribution is 2.17. The van der Waals surface area contributed by atoms with Gasteiger partial charge in [0.2, 0.25) is 0 Å². The van der Waals surface area contributed by atoms with Gasteiger partial charge in [-0.3, -0.25) is 9.89 Å². The summed E-state index contributed by atoms with van der Waals surface area (Å²) >= 11 is 0. The van der Waals surface area contributed by atoms with E-state index in [2.05, 4.69) is 36.3 Å². The molecule has 2 atom stereocenters. The summed E-state index contributed by atoms with van der Waals surface area (Å²) in [7, 11) is 0. The fraction of sp³-hybridized carbons (Fsp3) is 0.722. The van der Waals surface area contributed by atoms with Crippen molar-refractivity contribution in [3.05, 3.63) is 24.2 Å². The fourth-order valence-electron chi connectivity index (χ4n) is 3.07. The van der Waals surface area contributed by atoms with Gasteiger partial charge in [-0.2, -0.15) is 0 Å². The maximum Gasteiger partial charge on any atom is 0.191 e. The molecule has 6 heteroatoms. The quantitative estimate of drug-likeness (QED) is 0.383. The number of aliphatic imine (C=N–C) groups is 1. The van der Waals surface area contributed by atoms with Crippen LogP contribution in [0.5, 0.6) is 0 Å². The van der Waals surface area contributed by atoms with Crippen molar-refractivity contribution in [2.24, 2.45) is 10.9 Å². The van der Waals surface area contributed by atoms with Gasteiger partial charge in [-0.15, -0.1) is 24.0 Å². The molecule has 2 heterocycles. The van der Waals surface area contributed by atoms with Crippen molar-refractivity contribution in [3.8, 4) is 0 Å². The van der Waals surface area contributed by atoms with Crippen molar-refractivity contribution in [1.82, 2.24) is 15.5 Å². The molecule has 1 aliphatic heterocycles. The summed E-state index contributed by atoms with van der Waals surface area (Å²) in [5, 5.41) is 6.71. The fourth-order valence-corrected chi connectivity index (χ4v) is 3.07. The van der Waals surface area contributed by atoms with E-state index in [9.17, 15) is 0 Å². The molecule has 1 fully saturated rings. The summed E-state index contributed by atoms with van der Waals surface area (Å²) in [5.41, 5.74) is 0. The lowest BCUT2D eigenvalue weighted by Crippen LogP contribution is -2.43. The van der Waals surface area contributed by atoms with Gasteiger partial charge in [0.15, 0.2) is 5.96 Å². The number of hydrogen-bond donors (Lipinski definition) is 2. The molecular weight excluding hydrogens is 415 g/mol. The van der Waals surface area contributed by atoms with Crippen molar-refractivity contribution in [1.29, 1.82) is 0 Å². The molecule has 2 N–H and O–H groups in total. The van der Waals surface area contributed by atoms with E-state index in [0.29, 0.717) is 6.04 Å². The van der Waals surface area contributed by atoms with Crippen molar-refractivity contribution in [3.63, 3.8) is 0 Å². The minimum Gasteiger partial charge on any atom is -0.469 e. The Kier molecular flexibility index (Phi) is 10.4. The van der Waals surface area contributed by atoms with Crippen LogP contribution in [0.25, 0.3) is 0 Å². The van der Waals surface area contributed by atoms with Crippen LogP contribution in [-0.4, -0.2) is 49.6 Å². The van der Waals surface area contributed by atoms with Gasteiger partial charge in [0.1, 0.15) is 5.76 Å². The van der Waals surface area contributed by atoms with Gasteiger partial charge in [0, 0.05) is 32.1 Å². The Morgan fingerprint density at radius 1 is 1.46 bits per heavy atom. The van der Waals surface area contributed by atoms with E-state index in [1.807, 2.05) is 12.1 Å². The van der Waals surface area contributed by atoms with E-state index in [-0.39, 0.29) is 24.0 Å².